The molecule has 210 valence electrons. The zero-order chi connectivity index (χ0) is 29.3. The fraction of sp³-hybridized carbons (Fsp3) is 0.267. The first-order valence-corrected chi connectivity index (χ1v) is 14.6. The molecule has 0 amide bonds. The molecule has 0 bridgehead atoms. The fourth-order valence-electron chi connectivity index (χ4n) is 5.01. The first kappa shape index (κ1) is 28.4. The smallest absolute Gasteiger partial charge is 0.338 e. The molecule has 3 heterocycles. The van der Waals surface area contributed by atoms with Crippen molar-refractivity contribution in [2.24, 2.45) is 4.99 Å². The Balaban J connectivity index is 1.77. The summed E-state index contributed by atoms with van der Waals surface area (Å²) in [6.07, 6.45) is 3.68. The van der Waals surface area contributed by atoms with E-state index in [-0.39, 0.29) is 24.3 Å². The molecule has 0 spiro atoms. The zero-order valence-electron chi connectivity index (χ0n) is 22.9. The number of allylic oxidation sites excluding steroid dienone is 1. The number of esters is 1. The molecule has 2 aromatic heterocycles. The summed E-state index contributed by atoms with van der Waals surface area (Å²) in [6.45, 7) is 6.15. The monoisotopic (exact) mass is 634 g/mol. The van der Waals surface area contributed by atoms with Gasteiger partial charge in [-0.2, -0.15) is 5.26 Å². The molecule has 9 nitrogen and oxygen atoms in total. The Morgan fingerprint density at radius 2 is 2.00 bits per heavy atom. The number of fused-ring (bicyclic) bond motifs is 2. The third kappa shape index (κ3) is 5.09. The molecular formula is C30H27BrN4O5S. The van der Waals surface area contributed by atoms with Gasteiger partial charge >= 0.3 is 5.97 Å². The molecule has 4 aromatic rings. The van der Waals surface area contributed by atoms with Crippen LogP contribution in [0.4, 0.5) is 0 Å². The first-order valence-electron chi connectivity index (χ1n) is 13.0. The average molecular weight is 636 g/mol. The largest absolute Gasteiger partial charge is 0.493 e. The summed E-state index contributed by atoms with van der Waals surface area (Å²) in [5.41, 5.74) is 2.76. The van der Waals surface area contributed by atoms with Crippen LogP contribution < -0.4 is 24.4 Å². The van der Waals surface area contributed by atoms with Gasteiger partial charge in [0.1, 0.15) is 6.54 Å². The van der Waals surface area contributed by atoms with E-state index in [2.05, 4.69) is 27.0 Å². The summed E-state index contributed by atoms with van der Waals surface area (Å²) in [5.74, 6) is 0.452. The number of methoxy groups -OCH3 is 1. The van der Waals surface area contributed by atoms with Crippen molar-refractivity contribution in [2.45, 2.75) is 33.4 Å². The molecule has 0 radical (unpaired) electrons. The molecule has 1 aliphatic heterocycles. The molecule has 0 unspecified atom stereocenters. The van der Waals surface area contributed by atoms with Gasteiger partial charge in [-0.15, -0.1) is 0 Å². The number of para-hydroxylation sites is 1. The number of ether oxygens (including phenoxy) is 3. The fourth-order valence-corrected chi connectivity index (χ4v) is 6.59. The second-order valence-corrected chi connectivity index (χ2v) is 11.0. The van der Waals surface area contributed by atoms with Gasteiger partial charge in [0.2, 0.25) is 0 Å². The Morgan fingerprint density at radius 1 is 1.22 bits per heavy atom. The lowest BCUT2D eigenvalue weighted by atomic mass is 9.95. The van der Waals surface area contributed by atoms with Gasteiger partial charge in [0, 0.05) is 27.1 Å². The lowest BCUT2D eigenvalue weighted by Crippen LogP contribution is -2.40. The maximum Gasteiger partial charge on any atom is 0.338 e. The Kier molecular flexibility index (Phi) is 8.15. The van der Waals surface area contributed by atoms with E-state index in [0.717, 1.165) is 16.5 Å². The molecule has 5 rings (SSSR count). The molecule has 11 heteroatoms. The van der Waals surface area contributed by atoms with Gasteiger partial charge < -0.3 is 18.8 Å². The lowest BCUT2D eigenvalue weighted by molar-refractivity contribution is -0.139. The number of benzene rings is 2. The van der Waals surface area contributed by atoms with Crippen molar-refractivity contribution in [1.29, 1.82) is 5.26 Å². The predicted octanol–water partition coefficient (Wildman–Crippen LogP) is 4.45. The molecule has 1 aliphatic rings. The van der Waals surface area contributed by atoms with Crippen LogP contribution in [0.25, 0.3) is 17.0 Å². The summed E-state index contributed by atoms with van der Waals surface area (Å²) >= 11 is 4.88. The van der Waals surface area contributed by atoms with Crippen molar-refractivity contribution in [1.82, 2.24) is 9.13 Å². The summed E-state index contributed by atoms with van der Waals surface area (Å²) in [7, 11) is 1.54. The standard InChI is InChI=1S/C30H27BrN4O5S/c1-5-39-24-15-21(31)20(14-23(24)38-4)27-26(29(37)40-6-2)17(3)33-30-35(27)28(36)25(41-30)13-18-16-34(12-11-32)22-10-8-7-9-19(18)22/h7-10,13-16,27H,5-6,12H2,1-4H3/b25-13+/t27-/m0/s1. The van der Waals surface area contributed by atoms with Crippen LogP contribution in [0.1, 0.15) is 37.9 Å². The second-order valence-electron chi connectivity index (χ2n) is 9.15. The van der Waals surface area contributed by atoms with Crippen LogP contribution in [0.2, 0.25) is 0 Å². The number of nitrogens with zero attached hydrogens (tertiary/aromatic N) is 4. The number of aromatic nitrogens is 2. The Bertz CT molecular complexity index is 1930. The van der Waals surface area contributed by atoms with E-state index in [9.17, 15) is 14.9 Å². The molecule has 0 N–H and O–H groups in total. The Hall–Kier alpha value is -4.14. The number of carbonyl (C=O) groups excluding carboxylic acids is 1. The highest BCUT2D eigenvalue weighted by Gasteiger charge is 2.35. The molecule has 41 heavy (non-hydrogen) atoms. The van der Waals surface area contributed by atoms with Crippen LogP contribution in [-0.4, -0.2) is 35.4 Å². The minimum absolute atomic E-state index is 0.174. The third-order valence-corrected chi connectivity index (χ3v) is 8.41. The maximum absolute atomic E-state index is 14.1. The maximum atomic E-state index is 14.1. The minimum Gasteiger partial charge on any atom is -0.493 e. The van der Waals surface area contributed by atoms with E-state index in [1.54, 1.807) is 26.0 Å². The van der Waals surface area contributed by atoms with Crippen LogP contribution in [0.5, 0.6) is 11.5 Å². The number of rotatable bonds is 8. The van der Waals surface area contributed by atoms with Gasteiger partial charge in [-0.05, 0) is 50.6 Å². The molecule has 2 aromatic carbocycles. The number of nitriles is 1. The molecule has 0 saturated carbocycles. The van der Waals surface area contributed by atoms with Crippen LogP contribution in [0.3, 0.4) is 0 Å². The van der Waals surface area contributed by atoms with E-state index >= 15 is 0 Å². The van der Waals surface area contributed by atoms with E-state index in [1.807, 2.05) is 48.0 Å². The minimum atomic E-state index is -0.827. The van der Waals surface area contributed by atoms with Crippen molar-refractivity contribution in [3.8, 4) is 17.6 Å². The quantitative estimate of drug-likeness (QED) is 0.265. The van der Waals surface area contributed by atoms with Crippen LogP contribution in [-0.2, 0) is 16.1 Å². The first-order chi connectivity index (χ1) is 19.8. The summed E-state index contributed by atoms with van der Waals surface area (Å²) in [4.78, 5) is 32.5. The zero-order valence-corrected chi connectivity index (χ0v) is 25.3. The number of thiazole rings is 1. The molecular weight excluding hydrogens is 608 g/mol. The Labute approximate surface area is 248 Å². The number of hydrogen-bond acceptors (Lipinski definition) is 8. The van der Waals surface area contributed by atoms with Gasteiger partial charge in [0.25, 0.3) is 5.56 Å². The topological polar surface area (TPSA) is 108 Å². The van der Waals surface area contributed by atoms with Gasteiger partial charge in [-0.1, -0.05) is 45.5 Å². The normalized spacial score (nSPS) is 14.9. The van der Waals surface area contributed by atoms with Crippen molar-refractivity contribution in [3.63, 3.8) is 0 Å². The Morgan fingerprint density at radius 3 is 2.71 bits per heavy atom. The van der Waals surface area contributed by atoms with Crippen LogP contribution in [0, 0.1) is 11.3 Å². The van der Waals surface area contributed by atoms with Crippen molar-refractivity contribution >= 4 is 50.2 Å². The molecule has 0 saturated heterocycles. The van der Waals surface area contributed by atoms with Gasteiger partial charge in [-0.25, -0.2) is 9.79 Å². The highest BCUT2D eigenvalue weighted by atomic mass is 79.9. The highest BCUT2D eigenvalue weighted by Crippen LogP contribution is 2.41. The highest BCUT2D eigenvalue weighted by molar-refractivity contribution is 9.10. The van der Waals surface area contributed by atoms with E-state index < -0.39 is 12.0 Å². The van der Waals surface area contributed by atoms with Gasteiger partial charge in [-0.3, -0.25) is 9.36 Å². The number of halogens is 1. The second kappa shape index (κ2) is 11.8. The van der Waals surface area contributed by atoms with E-state index in [0.29, 0.717) is 43.2 Å². The predicted molar refractivity (Wildman–Crippen MR) is 160 cm³/mol. The lowest BCUT2D eigenvalue weighted by Gasteiger charge is -2.26. The molecule has 1 atom stereocenters. The van der Waals surface area contributed by atoms with Gasteiger partial charge in [0.05, 0.1) is 48.2 Å². The summed E-state index contributed by atoms with van der Waals surface area (Å²) in [6, 6.07) is 12.6. The third-order valence-electron chi connectivity index (χ3n) is 6.74. The number of carbonyl (C=O) groups is 1. The van der Waals surface area contributed by atoms with Crippen LogP contribution in [0.15, 0.2) is 68.1 Å². The molecule has 0 aliphatic carbocycles. The summed E-state index contributed by atoms with van der Waals surface area (Å²) in [5, 5.41) is 10.2. The van der Waals surface area contributed by atoms with Crippen LogP contribution >= 0.6 is 27.3 Å². The summed E-state index contributed by atoms with van der Waals surface area (Å²) < 4.78 is 21.2. The van der Waals surface area contributed by atoms with Crippen molar-refractivity contribution in [2.75, 3.05) is 20.3 Å². The SMILES string of the molecule is CCOC(=O)C1=C(C)N=c2s/c(=C/c3cn(CC#N)c4ccccc34)c(=O)n2[C@H]1c1cc(OC)c(OCC)cc1Br. The molecule has 0 fully saturated rings. The van der Waals surface area contributed by atoms with E-state index in [1.165, 1.54) is 23.0 Å². The average Bonchev–Trinajstić information content (AvgIpc) is 3.45. The van der Waals surface area contributed by atoms with E-state index in [4.69, 9.17) is 14.2 Å². The number of hydrogen-bond donors (Lipinski definition) is 0. The van der Waals surface area contributed by atoms with Crippen molar-refractivity contribution in [3.05, 3.63) is 89.2 Å². The van der Waals surface area contributed by atoms with Crippen molar-refractivity contribution < 1.29 is 19.0 Å². The van der Waals surface area contributed by atoms with Gasteiger partial charge in [0.15, 0.2) is 16.3 Å².